The van der Waals surface area contributed by atoms with Crippen molar-refractivity contribution in [2.45, 2.75) is 0 Å². The Kier molecular flexibility index (Phi) is 8.07. The Bertz CT molecular complexity index is 3230. The standard InChI is InChI=1S/C53H34N4O/c1-4-16-37(17-5-1)51-54-52(40-28-27-35-15-10-11-18-38(35)33-40)56-53(55-51)45-25-14-26-47-48(45)49-44-24-13-12-19-39(44)34-46(50(49)58-47)36-29-31-43(32-30-36)57(41-20-6-2-7-21-41)42-22-8-3-9-23-42/h1-34H. The quantitative estimate of drug-likeness (QED) is 0.163. The molecular formula is C53H34N4O. The summed E-state index contributed by atoms with van der Waals surface area (Å²) in [6, 6.07) is 71.5. The van der Waals surface area contributed by atoms with Gasteiger partial charge >= 0.3 is 0 Å². The van der Waals surface area contributed by atoms with Gasteiger partial charge in [0.25, 0.3) is 0 Å². The molecule has 2 heterocycles. The van der Waals surface area contributed by atoms with E-state index in [2.05, 4.69) is 157 Å². The zero-order chi connectivity index (χ0) is 38.4. The molecule has 9 aromatic carbocycles. The van der Waals surface area contributed by atoms with Crippen LogP contribution in [0.2, 0.25) is 0 Å². The first-order valence-electron chi connectivity index (χ1n) is 19.4. The van der Waals surface area contributed by atoms with E-state index >= 15 is 0 Å². The molecule has 272 valence electrons. The fourth-order valence-electron chi connectivity index (χ4n) is 8.13. The van der Waals surface area contributed by atoms with E-state index in [1.807, 2.05) is 54.6 Å². The van der Waals surface area contributed by atoms with Gasteiger partial charge in [-0.3, -0.25) is 0 Å². The molecule has 11 rings (SSSR count). The summed E-state index contributed by atoms with van der Waals surface area (Å²) < 4.78 is 6.92. The molecule has 0 saturated heterocycles. The minimum absolute atomic E-state index is 0.589. The van der Waals surface area contributed by atoms with E-state index in [-0.39, 0.29) is 0 Å². The number of furan rings is 1. The number of para-hydroxylation sites is 2. The van der Waals surface area contributed by atoms with Crippen LogP contribution in [0.1, 0.15) is 0 Å². The van der Waals surface area contributed by atoms with Crippen molar-refractivity contribution in [2.75, 3.05) is 4.90 Å². The van der Waals surface area contributed by atoms with Gasteiger partial charge in [-0.1, -0.05) is 152 Å². The summed E-state index contributed by atoms with van der Waals surface area (Å²) in [6.45, 7) is 0. The van der Waals surface area contributed by atoms with Crippen molar-refractivity contribution in [1.29, 1.82) is 0 Å². The lowest BCUT2D eigenvalue weighted by molar-refractivity contribution is 0.670. The molecule has 0 unspecified atom stereocenters. The normalized spacial score (nSPS) is 11.4. The Morgan fingerprint density at radius 1 is 0.345 bits per heavy atom. The van der Waals surface area contributed by atoms with Gasteiger partial charge in [0, 0.05) is 50.1 Å². The molecule has 5 heteroatoms. The third-order valence-corrected chi connectivity index (χ3v) is 10.9. The third-order valence-electron chi connectivity index (χ3n) is 10.9. The number of fused-ring (bicyclic) bond motifs is 6. The van der Waals surface area contributed by atoms with Crippen LogP contribution in [-0.2, 0) is 0 Å². The van der Waals surface area contributed by atoms with Gasteiger partial charge in [-0.05, 0) is 81.7 Å². The minimum atomic E-state index is 0.589. The van der Waals surface area contributed by atoms with Crippen molar-refractivity contribution in [1.82, 2.24) is 15.0 Å². The third kappa shape index (κ3) is 5.85. The number of benzene rings is 9. The summed E-state index contributed by atoms with van der Waals surface area (Å²) >= 11 is 0. The van der Waals surface area contributed by atoms with Gasteiger partial charge in [0.1, 0.15) is 11.2 Å². The summed E-state index contributed by atoms with van der Waals surface area (Å²) in [5.41, 5.74) is 9.67. The van der Waals surface area contributed by atoms with Crippen LogP contribution in [0.4, 0.5) is 17.1 Å². The van der Waals surface area contributed by atoms with Gasteiger partial charge < -0.3 is 9.32 Å². The lowest BCUT2D eigenvalue weighted by atomic mass is 9.94. The van der Waals surface area contributed by atoms with Gasteiger partial charge in [-0.25, -0.2) is 15.0 Å². The van der Waals surface area contributed by atoms with E-state index < -0.39 is 0 Å². The molecule has 0 N–H and O–H groups in total. The predicted molar refractivity (Wildman–Crippen MR) is 239 cm³/mol. The SMILES string of the molecule is c1ccc(-c2nc(-c3ccc4ccccc4c3)nc(-c3cccc4oc5c(-c6ccc(N(c7ccccc7)c7ccccc7)cc6)cc6ccccc6c5c34)n2)cc1. The van der Waals surface area contributed by atoms with E-state index in [9.17, 15) is 0 Å². The Morgan fingerprint density at radius 2 is 0.914 bits per heavy atom. The number of hydrogen-bond donors (Lipinski definition) is 0. The molecule has 0 aliphatic carbocycles. The lowest BCUT2D eigenvalue weighted by Crippen LogP contribution is -2.09. The fourth-order valence-corrected chi connectivity index (χ4v) is 8.13. The number of anilines is 3. The van der Waals surface area contributed by atoms with Gasteiger partial charge in [0.2, 0.25) is 0 Å². The van der Waals surface area contributed by atoms with Crippen molar-refractivity contribution in [3.63, 3.8) is 0 Å². The average Bonchev–Trinajstić information content (AvgIpc) is 3.70. The maximum Gasteiger partial charge on any atom is 0.164 e. The van der Waals surface area contributed by atoms with E-state index in [4.69, 9.17) is 19.4 Å². The zero-order valence-corrected chi connectivity index (χ0v) is 31.3. The van der Waals surface area contributed by atoms with Crippen LogP contribution in [0.5, 0.6) is 0 Å². The Balaban J connectivity index is 1.11. The summed E-state index contributed by atoms with van der Waals surface area (Å²) in [4.78, 5) is 17.7. The van der Waals surface area contributed by atoms with Crippen LogP contribution in [0.15, 0.2) is 211 Å². The molecule has 0 amide bonds. The first-order chi connectivity index (χ1) is 28.7. The second-order valence-electron chi connectivity index (χ2n) is 14.4. The average molecular weight is 743 g/mol. The summed E-state index contributed by atoms with van der Waals surface area (Å²) in [7, 11) is 0. The molecule has 0 bridgehead atoms. The largest absolute Gasteiger partial charge is 0.455 e. The van der Waals surface area contributed by atoms with E-state index in [1.54, 1.807) is 0 Å². The Labute approximate surface area is 335 Å². The second kappa shape index (κ2) is 14.0. The maximum atomic E-state index is 6.92. The molecule has 0 fully saturated rings. The number of aromatic nitrogens is 3. The number of rotatable bonds is 7. The summed E-state index contributed by atoms with van der Waals surface area (Å²) in [6.07, 6.45) is 0. The molecule has 0 atom stereocenters. The number of nitrogens with zero attached hydrogens (tertiary/aromatic N) is 4. The van der Waals surface area contributed by atoms with Crippen LogP contribution in [0.3, 0.4) is 0 Å². The maximum absolute atomic E-state index is 6.92. The lowest BCUT2D eigenvalue weighted by Gasteiger charge is -2.25. The molecule has 2 aromatic heterocycles. The topological polar surface area (TPSA) is 55.1 Å². The molecular weight excluding hydrogens is 709 g/mol. The van der Waals surface area contributed by atoms with Gasteiger partial charge in [-0.15, -0.1) is 0 Å². The molecule has 0 aliphatic rings. The highest BCUT2D eigenvalue weighted by Crippen LogP contribution is 2.45. The van der Waals surface area contributed by atoms with Gasteiger partial charge in [-0.2, -0.15) is 0 Å². The highest BCUT2D eigenvalue weighted by atomic mass is 16.3. The van der Waals surface area contributed by atoms with Crippen LogP contribution in [0.25, 0.3) is 88.8 Å². The van der Waals surface area contributed by atoms with E-state index in [1.165, 1.54) is 5.39 Å². The van der Waals surface area contributed by atoms with E-state index in [0.29, 0.717) is 17.5 Å². The van der Waals surface area contributed by atoms with Crippen molar-refractivity contribution >= 4 is 60.5 Å². The summed E-state index contributed by atoms with van der Waals surface area (Å²) in [5, 5.41) is 6.54. The second-order valence-corrected chi connectivity index (χ2v) is 14.4. The molecule has 0 radical (unpaired) electrons. The highest BCUT2D eigenvalue weighted by Gasteiger charge is 2.22. The summed E-state index contributed by atoms with van der Waals surface area (Å²) in [5.74, 6) is 1.82. The zero-order valence-electron chi connectivity index (χ0n) is 31.3. The van der Waals surface area contributed by atoms with Gasteiger partial charge in [0.05, 0.1) is 0 Å². The monoisotopic (exact) mass is 742 g/mol. The van der Waals surface area contributed by atoms with Crippen LogP contribution >= 0.6 is 0 Å². The highest BCUT2D eigenvalue weighted by molar-refractivity contribution is 6.25. The van der Waals surface area contributed by atoms with Crippen LogP contribution in [-0.4, -0.2) is 15.0 Å². The Hall–Kier alpha value is -7.89. The number of hydrogen-bond acceptors (Lipinski definition) is 5. The first-order valence-corrected chi connectivity index (χ1v) is 19.4. The molecule has 0 saturated carbocycles. The fraction of sp³-hybridized carbons (Fsp3) is 0. The molecule has 5 nitrogen and oxygen atoms in total. The molecule has 0 spiro atoms. The predicted octanol–water partition coefficient (Wildman–Crippen LogP) is 14.2. The van der Waals surface area contributed by atoms with Crippen molar-refractivity contribution < 1.29 is 4.42 Å². The van der Waals surface area contributed by atoms with Gasteiger partial charge in [0.15, 0.2) is 17.5 Å². The van der Waals surface area contributed by atoms with Crippen LogP contribution in [0, 0.1) is 0 Å². The van der Waals surface area contributed by atoms with E-state index in [0.717, 1.165) is 83.0 Å². The van der Waals surface area contributed by atoms with Crippen molar-refractivity contribution in [2.24, 2.45) is 0 Å². The van der Waals surface area contributed by atoms with Crippen LogP contribution < -0.4 is 4.90 Å². The first kappa shape index (κ1) is 33.4. The smallest absolute Gasteiger partial charge is 0.164 e. The molecule has 11 aromatic rings. The van der Waals surface area contributed by atoms with Crippen molar-refractivity contribution in [3.05, 3.63) is 206 Å². The molecule has 58 heavy (non-hydrogen) atoms. The molecule has 0 aliphatic heterocycles. The van der Waals surface area contributed by atoms with Crippen molar-refractivity contribution in [3.8, 4) is 45.3 Å². The Morgan fingerprint density at radius 3 is 1.64 bits per heavy atom. The minimum Gasteiger partial charge on any atom is -0.455 e.